The smallest absolute Gasteiger partial charge is 0.344 e. The van der Waals surface area contributed by atoms with E-state index >= 15 is 0 Å². The van der Waals surface area contributed by atoms with Crippen molar-refractivity contribution in [1.82, 2.24) is 0 Å². The zero-order valence-electron chi connectivity index (χ0n) is 9.24. The number of ether oxygens (including phenoxy) is 2. The van der Waals surface area contributed by atoms with E-state index < -0.39 is 11.9 Å². The van der Waals surface area contributed by atoms with Gasteiger partial charge in [-0.2, -0.15) is 0 Å². The molecule has 0 radical (unpaired) electrons. The Balaban J connectivity index is 4.29. The molecule has 0 atom stereocenters. The van der Waals surface area contributed by atoms with E-state index in [0.29, 0.717) is 0 Å². The van der Waals surface area contributed by atoms with Crippen molar-refractivity contribution in [3.63, 3.8) is 0 Å². The molecule has 0 unspecified atom stereocenters. The molecule has 0 heterocycles. The average molecular weight is 326 g/mol. The first kappa shape index (κ1) is 14.4. The molecule has 4 nitrogen and oxygen atoms in total. The zero-order valence-corrected chi connectivity index (χ0v) is 11.4. The zero-order chi connectivity index (χ0) is 12.0. The largest absolute Gasteiger partial charge is 0.460 e. The fraction of sp³-hybridized carbons (Fsp3) is 0.600. The van der Waals surface area contributed by atoms with Crippen molar-refractivity contribution in [3.8, 4) is 0 Å². The summed E-state index contributed by atoms with van der Waals surface area (Å²) in [6, 6.07) is 0. The molecule has 0 aliphatic heterocycles. The second kappa shape index (κ2) is 6.81. The van der Waals surface area contributed by atoms with Crippen molar-refractivity contribution in [3.05, 3.63) is 9.66 Å². The van der Waals surface area contributed by atoms with Gasteiger partial charge in [0.2, 0.25) is 0 Å². The van der Waals surface area contributed by atoms with Crippen molar-refractivity contribution in [1.29, 1.82) is 0 Å². The highest BCUT2D eigenvalue weighted by atomic mass is 127. The first-order chi connectivity index (χ1) is 6.82. The second-order valence-electron chi connectivity index (χ2n) is 3.43. The molecule has 0 aromatic heterocycles. The maximum absolute atomic E-state index is 11.3. The van der Waals surface area contributed by atoms with Gasteiger partial charge >= 0.3 is 11.9 Å². The van der Waals surface area contributed by atoms with Crippen molar-refractivity contribution in [2.75, 3.05) is 0 Å². The minimum Gasteiger partial charge on any atom is -0.460 e. The van der Waals surface area contributed by atoms with Gasteiger partial charge in [0, 0.05) is 6.08 Å². The number of rotatable bonds is 4. The molecule has 0 saturated carbocycles. The van der Waals surface area contributed by atoms with E-state index in [4.69, 9.17) is 9.47 Å². The predicted molar refractivity (Wildman–Crippen MR) is 64.6 cm³/mol. The number of carbonyl (C=O) groups is 2. The minimum absolute atomic E-state index is 0.195. The van der Waals surface area contributed by atoms with E-state index in [2.05, 4.69) is 0 Å². The van der Waals surface area contributed by atoms with Crippen LogP contribution in [0, 0.1) is 0 Å². The summed E-state index contributed by atoms with van der Waals surface area (Å²) < 4.78 is 9.96. The van der Waals surface area contributed by atoms with E-state index in [-0.39, 0.29) is 15.8 Å². The Kier molecular flexibility index (Phi) is 6.55. The lowest BCUT2D eigenvalue weighted by atomic mass is 10.4. The lowest BCUT2D eigenvalue weighted by molar-refractivity contribution is -0.144. The minimum atomic E-state index is -0.532. The highest BCUT2D eigenvalue weighted by Crippen LogP contribution is 2.10. The van der Waals surface area contributed by atoms with Crippen LogP contribution >= 0.6 is 22.6 Å². The summed E-state index contributed by atoms with van der Waals surface area (Å²) in [7, 11) is 0. The van der Waals surface area contributed by atoms with Crippen LogP contribution in [0.4, 0.5) is 0 Å². The van der Waals surface area contributed by atoms with Crippen LogP contribution in [0.5, 0.6) is 0 Å². The molecule has 0 aromatic rings. The maximum Gasteiger partial charge on any atom is 0.344 e. The number of esters is 2. The Morgan fingerprint density at radius 2 is 1.53 bits per heavy atom. The third-order valence-electron chi connectivity index (χ3n) is 1.13. The van der Waals surface area contributed by atoms with Crippen LogP contribution in [0.25, 0.3) is 0 Å². The van der Waals surface area contributed by atoms with Crippen molar-refractivity contribution >= 4 is 34.5 Å². The summed E-state index contributed by atoms with van der Waals surface area (Å²) in [5.74, 6) is -1.04. The van der Waals surface area contributed by atoms with E-state index in [1.165, 1.54) is 0 Å². The van der Waals surface area contributed by atoms with E-state index in [1.54, 1.807) is 50.3 Å². The van der Waals surface area contributed by atoms with Crippen LogP contribution in [0.1, 0.15) is 27.7 Å². The van der Waals surface area contributed by atoms with E-state index in [1.807, 2.05) is 0 Å². The summed E-state index contributed by atoms with van der Waals surface area (Å²) in [6.07, 6.45) is 0.738. The predicted octanol–water partition coefficient (Wildman–Crippen LogP) is 2.21. The highest BCUT2D eigenvalue weighted by Gasteiger charge is 2.12. The van der Waals surface area contributed by atoms with Crippen molar-refractivity contribution in [2.24, 2.45) is 0 Å². The van der Waals surface area contributed by atoms with Gasteiger partial charge in [-0.1, -0.05) is 0 Å². The second-order valence-corrected chi connectivity index (χ2v) is 4.59. The van der Waals surface area contributed by atoms with Crippen molar-refractivity contribution in [2.45, 2.75) is 39.9 Å². The van der Waals surface area contributed by atoms with Gasteiger partial charge in [0.1, 0.15) is 3.58 Å². The molecule has 0 spiro atoms. The van der Waals surface area contributed by atoms with Crippen molar-refractivity contribution < 1.29 is 19.1 Å². The van der Waals surface area contributed by atoms with Crippen LogP contribution in [-0.4, -0.2) is 24.1 Å². The molecule has 0 bridgehead atoms. The first-order valence-corrected chi connectivity index (χ1v) is 5.69. The summed E-state index contributed by atoms with van der Waals surface area (Å²) in [5, 5.41) is 0. The molecule has 0 aliphatic carbocycles. The molecule has 0 rings (SSSR count). The van der Waals surface area contributed by atoms with Crippen LogP contribution in [0.15, 0.2) is 9.66 Å². The number of carbonyl (C=O) groups excluding carboxylic acids is 2. The quantitative estimate of drug-likeness (QED) is 0.452. The number of hydrogen-bond donors (Lipinski definition) is 0. The summed E-state index contributed by atoms with van der Waals surface area (Å²) >= 11 is 1.75. The van der Waals surface area contributed by atoms with Crippen LogP contribution < -0.4 is 0 Å². The molecule has 0 amide bonds. The normalized spacial score (nSPS) is 11.8. The SMILES string of the molecule is CC(C)OC(=O)/C=C(\I)C(=O)OC(C)C. The van der Waals surface area contributed by atoms with E-state index in [0.717, 1.165) is 6.08 Å². The van der Waals surface area contributed by atoms with Gasteiger partial charge in [0.05, 0.1) is 12.2 Å². The van der Waals surface area contributed by atoms with Crippen LogP contribution in [0.3, 0.4) is 0 Å². The van der Waals surface area contributed by atoms with Crippen LogP contribution in [0.2, 0.25) is 0 Å². The number of hydrogen-bond acceptors (Lipinski definition) is 4. The first-order valence-electron chi connectivity index (χ1n) is 4.61. The third kappa shape index (κ3) is 7.35. The maximum atomic E-state index is 11.3. The number of halogens is 1. The van der Waals surface area contributed by atoms with Gasteiger partial charge in [-0.05, 0) is 50.3 Å². The molecule has 0 N–H and O–H groups in total. The average Bonchev–Trinajstić information content (AvgIpc) is 2.00. The van der Waals surface area contributed by atoms with Crippen LogP contribution in [-0.2, 0) is 19.1 Å². The molecule has 0 fully saturated rings. The van der Waals surface area contributed by atoms with Gasteiger partial charge in [0.15, 0.2) is 0 Å². The van der Waals surface area contributed by atoms with Gasteiger partial charge in [-0.3, -0.25) is 0 Å². The molecule has 15 heavy (non-hydrogen) atoms. The van der Waals surface area contributed by atoms with E-state index in [9.17, 15) is 9.59 Å². The molecule has 86 valence electrons. The van der Waals surface area contributed by atoms with Gasteiger partial charge in [-0.25, -0.2) is 9.59 Å². The monoisotopic (exact) mass is 326 g/mol. The standard InChI is InChI=1S/C10H15IO4/c1-6(2)14-9(12)5-8(11)10(13)15-7(3)4/h5-7H,1-4H3/b8-5-. The summed E-state index contributed by atoms with van der Waals surface area (Å²) in [5.41, 5.74) is 0. The molecular weight excluding hydrogens is 311 g/mol. The third-order valence-corrected chi connectivity index (χ3v) is 1.89. The Bertz CT molecular complexity index is 269. The molecule has 0 aliphatic rings. The Hall–Kier alpha value is -0.590. The lowest BCUT2D eigenvalue weighted by Gasteiger charge is -2.07. The molecular formula is C10H15IO4. The fourth-order valence-electron chi connectivity index (χ4n) is 0.699. The Labute approximate surface area is 103 Å². The molecule has 5 heteroatoms. The summed E-state index contributed by atoms with van der Waals surface area (Å²) in [4.78, 5) is 22.4. The molecule has 0 aromatic carbocycles. The Morgan fingerprint density at radius 3 is 1.93 bits per heavy atom. The lowest BCUT2D eigenvalue weighted by Crippen LogP contribution is -2.14. The highest BCUT2D eigenvalue weighted by molar-refractivity contribution is 14.1. The topological polar surface area (TPSA) is 52.6 Å². The van der Waals surface area contributed by atoms with Gasteiger partial charge < -0.3 is 9.47 Å². The van der Waals surface area contributed by atoms with Gasteiger partial charge in [0.25, 0.3) is 0 Å². The summed E-state index contributed by atoms with van der Waals surface area (Å²) in [6.45, 7) is 6.97. The Morgan fingerprint density at radius 1 is 1.07 bits per heavy atom. The van der Waals surface area contributed by atoms with Gasteiger partial charge in [-0.15, -0.1) is 0 Å². The molecule has 0 saturated heterocycles. The fourth-order valence-corrected chi connectivity index (χ4v) is 1.08.